The standard InChI is InChI=1S/C23H23ClN2O3/c1-14-4-6-18(15(2)12-14)20-21(25-8-10-29-11-9-25)23(28)26(22(20)27)19-7-5-17(24)13-16(19)3/h4-7,12-13H,8-11H2,1-3H3. The molecule has 1 saturated heterocycles. The number of aryl methyl sites for hydroxylation is 3. The number of anilines is 1. The van der Waals surface area contributed by atoms with E-state index in [9.17, 15) is 9.59 Å². The number of imide groups is 1. The highest BCUT2D eigenvalue weighted by atomic mass is 35.5. The zero-order chi connectivity index (χ0) is 20.7. The van der Waals surface area contributed by atoms with Gasteiger partial charge in [-0.3, -0.25) is 9.59 Å². The first-order valence-electron chi connectivity index (χ1n) is 9.68. The average Bonchev–Trinajstić information content (AvgIpc) is 2.93. The van der Waals surface area contributed by atoms with E-state index in [0.717, 1.165) is 22.3 Å². The number of carbonyl (C=O) groups excluding carboxylic acids is 2. The van der Waals surface area contributed by atoms with Gasteiger partial charge in [-0.25, -0.2) is 4.90 Å². The van der Waals surface area contributed by atoms with Gasteiger partial charge in [-0.1, -0.05) is 35.4 Å². The van der Waals surface area contributed by atoms with Gasteiger partial charge < -0.3 is 9.64 Å². The number of ether oxygens (including phenoxy) is 1. The van der Waals surface area contributed by atoms with Crippen LogP contribution in [0.4, 0.5) is 5.69 Å². The van der Waals surface area contributed by atoms with E-state index >= 15 is 0 Å². The Morgan fingerprint density at radius 3 is 2.28 bits per heavy atom. The Balaban J connectivity index is 1.88. The highest BCUT2D eigenvalue weighted by molar-refractivity contribution is 6.45. The molecule has 4 rings (SSSR count). The van der Waals surface area contributed by atoms with Crippen molar-refractivity contribution in [3.05, 3.63) is 69.4 Å². The van der Waals surface area contributed by atoms with Crippen molar-refractivity contribution in [2.75, 3.05) is 31.2 Å². The molecule has 0 aromatic heterocycles. The van der Waals surface area contributed by atoms with Gasteiger partial charge in [0.05, 0.1) is 24.5 Å². The molecule has 0 atom stereocenters. The number of carbonyl (C=O) groups is 2. The Hall–Kier alpha value is -2.63. The fourth-order valence-corrected chi connectivity index (χ4v) is 4.25. The summed E-state index contributed by atoms with van der Waals surface area (Å²) in [5, 5.41) is 0.571. The van der Waals surface area contributed by atoms with Crippen molar-refractivity contribution >= 4 is 34.7 Å². The van der Waals surface area contributed by atoms with Crippen LogP contribution in [-0.2, 0) is 14.3 Å². The summed E-state index contributed by atoms with van der Waals surface area (Å²) in [5.74, 6) is -0.592. The minimum atomic E-state index is -0.297. The molecule has 6 heteroatoms. The molecule has 0 N–H and O–H groups in total. The SMILES string of the molecule is Cc1ccc(C2=C(N3CCOCC3)C(=O)N(c3ccc(Cl)cc3C)C2=O)c(C)c1. The maximum Gasteiger partial charge on any atom is 0.282 e. The summed E-state index contributed by atoms with van der Waals surface area (Å²) in [6.07, 6.45) is 0. The number of amides is 2. The van der Waals surface area contributed by atoms with E-state index in [0.29, 0.717) is 48.3 Å². The number of hydrogen-bond acceptors (Lipinski definition) is 4. The van der Waals surface area contributed by atoms with Crippen molar-refractivity contribution < 1.29 is 14.3 Å². The lowest BCUT2D eigenvalue weighted by Crippen LogP contribution is -2.40. The van der Waals surface area contributed by atoms with Crippen molar-refractivity contribution in [2.45, 2.75) is 20.8 Å². The Morgan fingerprint density at radius 1 is 0.897 bits per heavy atom. The first-order chi connectivity index (χ1) is 13.9. The normalized spacial score (nSPS) is 17.5. The number of benzene rings is 2. The van der Waals surface area contributed by atoms with Gasteiger partial charge in [0.15, 0.2) is 0 Å². The van der Waals surface area contributed by atoms with Crippen LogP contribution in [0.15, 0.2) is 42.1 Å². The third-order valence-electron chi connectivity index (χ3n) is 5.44. The number of rotatable bonds is 3. The van der Waals surface area contributed by atoms with Crippen LogP contribution in [-0.4, -0.2) is 43.0 Å². The molecule has 0 spiro atoms. The Labute approximate surface area is 175 Å². The fraction of sp³-hybridized carbons (Fsp3) is 0.304. The largest absolute Gasteiger partial charge is 0.378 e. The summed E-state index contributed by atoms with van der Waals surface area (Å²) >= 11 is 6.09. The molecule has 2 aromatic carbocycles. The molecule has 2 amide bonds. The van der Waals surface area contributed by atoms with Crippen molar-refractivity contribution in [2.24, 2.45) is 0 Å². The average molecular weight is 411 g/mol. The van der Waals surface area contributed by atoms with Crippen LogP contribution in [0.25, 0.3) is 5.57 Å². The number of halogens is 1. The van der Waals surface area contributed by atoms with Crippen LogP contribution in [0, 0.1) is 20.8 Å². The molecule has 0 radical (unpaired) electrons. The Bertz CT molecular complexity index is 1040. The predicted molar refractivity (Wildman–Crippen MR) is 114 cm³/mol. The van der Waals surface area contributed by atoms with Crippen molar-refractivity contribution in [1.82, 2.24) is 4.90 Å². The summed E-state index contributed by atoms with van der Waals surface area (Å²) in [4.78, 5) is 30.4. The number of hydrogen-bond donors (Lipinski definition) is 0. The monoisotopic (exact) mass is 410 g/mol. The third-order valence-corrected chi connectivity index (χ3v) is 5.67. The highest BCUT2D eigenvalue weighted by Gasteiger charge is 2.43. The molecule has 2 aromatic rings. The smallest absolute Gasteiger partial charge is 0.282 e. The van der Waals surface area contributed by atoms with Crippen LogP contribution in [0.5, 0.6) is 0 Å². The number of morpholine rings is 1. The maximum absolute atomic E-state index is 13.6. The molecule has 2 aliphatic rings. The van der Waals surface area contributed by atoms with E-state index in [2.05, 4.69) is 0 Å². The molecule has 0 unspecified atom stereocenters. The van der Waals surface area contributed by atoms with Crippen molar-refractivity contribution in [3.8, 4) is 0 Å². The van der Waals surface area contributed by atoms with E-state index in [1.807, 2.05) is 43.9 Å². The van der Waals surface area contributed by atoms with Gasteiger partial charge in [0, 0.05) is 18.1 Å². The second-order valence-electron chi connectivity index (χ2n) is 7.52. The van der Waals surface area contributed by atoms with Gasteiger partial charge in [0.2, 0.25) is 0 Å². The molecule has 5 nitrogen and oxygen atoms in total. The maximum atomic E-state index is 13.6. The van der Waals surface area contributed by atoms with Gasteiger partial charge in [-0.2, -0.15) is 0 Å². The summed E-state index contributed by atoms with van der Waals surface area (Å²) < 4.78 is 5.46. The summed E-state index contributed by atoms with van der Waals surface area (Å²) in [6.45, 7) is 8.06. The van der Waals surface area contributed by atoms with Crippen molar-refractivity contribution in [1.29, 1.82) is 0 Å². The molecular formula is C23H23ClN2O3. The molecule has 2 aliphatic heterocycles. The zero-order valence-corrected chi connectivity index (χ0v) is 17.5. The minimum Gasteiger partial charge on any atom is -0.378 e. The van der Waals surface area contributed by atoms with E-state index in [-0.39, 0.29) is 11.8 Å². The molecule has 0 aliphatic carbocycles. The zero-order valence-electron chi connectivity index (χ0n) is 16.8. The summed E-state index contributed by atoms with van der Waals surface area (Å²) in [7, 11) is 0. The van der Waals surface area contributed by atoms with Crippen LogP contribution >= 0.6 is 11.6 Å². The molecule has 150 valence electrons. The number of nitrogens with zero attached hydrogens (tertiary/aromatic N) is 2. The first kappa shape index (κ1) is 19.7. The topological polar surface area (TPSA) is 49.9 Å². The Kier molecular flexibility index (Phi) is 5.19. The predicted octanol–water partition coefficient (Wildman–Crippen LogP) is 3.88. The van der Waals surface area contributed by atoms with Crippen LogP contribution in [0.2, 0.25) is 5.02 Å². The van der Waals surface area contributed by atoms with Gasteiger partial charge in [-0.05, 0) is 55.7 Å². The van der Waals surface area contributed by atoms with Gasteiger partial charge in [0.1, 0.15) is 5.70 Å². The third kappa shape index (κ3) is 3.45. The van der Waals surface area contributed by atoms with E-state index in [1.54, 1.807) is 18.2 Å². The summed E-state index contributed by atoms with van der Waals surface area (Å²) in [6, 6.07) is 11.1. The van der Waals surface area contributed by atoms with Gasteiger partial charge in [-0.15, -0.1) is 0 Å². The lowest BCUT2D eigenvalue weighted by Gasteiger charge is -2.30. The lowest BCUT2D eigenvalue weighted by atomic mass is 9.97. The lowest BCUT2D eigenvalue weighted by molar-refractivity contribution is -0.121. The minimum absolute atomic E-state index is 0.294. The molecule has 1 fully saturated rings. The van der Waals surface area contributed by atoms with Crippen LogP contribution < -0.4 is 4.90 Å². The first-order valence-corrected chi connectivity index (χ1v) is 10.1. The highest BCUT2D eigenvalue weighted by Crippen LogP contribution is 2.38. The van der Waals surface area contributed by atoms with Crippen LogP contribution in [0.3, 0.4) is 0 Å². The van der Waals surface area contributed by atoms with Gasteiger partial charge >= 0.3 is 0 Å². The van der Waals surface area contributed by atoms with E-state index in [4.69, 9.17) is 16.3 Å². The fourth-order valence-electron chi connectivity index (χ4n) is 4.02. The van der Waals surface area contributed by atoms with E-state index < -0.39 is 0 Å². The second-order valence-corrected chi connectivity index (χ2v) is 7.95. The molecule has 0 bridgehead atoms. The van der Waals surface area contributed by atoms with E-state index in [1.165, 1.54) is 4.90 Å². The molecule has 2 heterocycles. The molecule has 0 saturated carbocycles. The second kappa shape index (κ2) is 7.65. The van der Waals surface area contributed by atoms with Crippen LogP contribution in [0.1, 0.15) is 22.3 Å². The molecule has 29 heavy (non-hydrogen) atoms. The molecular weight excluding hydrogens is 388 g/mol. The van der Waals surface area contributed by atoms with Gasteiger partial charge in [0.25, 0.3) is 11.8 Å². The quantitative estimate of drug-likeness (QED) is 0.720. The summed E-state index contributed by atoms with van der Waals surface area (Å²) in [5.41, 5.74) is 5.15. The Morgan fingerprint density at radius 2 is 1.62 bits per heavy atom. The van der Waals surface area contributed by atoms with Crippen molar-refractivity contribution in [3.63, 3.8) is 0 Å².